The van der Waals surface area contributed by atoms with Crippen molar-refractivity contribution in [1.29, 1.82) is 0 Å². The average molecular weight is 853 g/mol. The molecule has 6 rings (SSSR count). The Balaban J connectivity index is 0.000000290. The fourth-order valence-corrected chi connectivity index (χ4v) is 8.99. The summed E-state index contributed by atoms with van der Waals surface area (Å²) in [6.07, 6.45) is 6.93. The molecule has 3 aromatic carbocycles. The molecule has 1 aliphatic carbocycles. The minimum atomic E-state index is -1.33. The number of hydrogen-bond acceptors (Lipinski definition) is 4. The standard InChI is InChI=1S/C30H30NOSi.C13H24O2.Ir/c1-17-8-10-19-15-31-27-21-12-9-18(2)28-24(21)25-23(30(3,4)26(27)22(19)14-17)13-11-20(29(25)32-28)16-33(5,6)7;1-5-10(6-2)12(14)9-13(15)11(7-3)8-4;/h8-11,13-15H,16H2,1-7H3;9-11,14H,5-8H2,1-4H3;/q-1;;/b;12-9-;. The Hall–Kier alpha value is -3.05. The van der Waals surface area contributed by atoms with Gasteiger partial charge in [-0.05, 0) is 77.2 Å². The van der Waals surface area contributed by atoms with Crippen molar-refractivity contribution in [3.8, 4) is 11.3 Å². The minimum Gasteiger partial charge on any atom is -0.512 e. The van der Waals surface area contributed by atoms with Gasteiger partial charge in [0.15, 0.2) is 5.78 Å². The number of furan rings is 1. The Kier molecular flexibility index (Phi) is 11.9. The Labute approximate surface area is 308 Å². The largest absolute Gasteiger partial charge is 0.512 e. The van der Waals surface area contributed by atoms with E-state index in [4.69, 9.17) is 9.40 Å². The van der Waals surface area contributed by atoms with Gasteiger partial charge in [-0.2, -0.15) is 0 Å². The van der Waals surface area contributed by atoms with E-state index in [2.05, 4.69) is 89.8 Å². The maximum atomic E-state index is 11.7. The Morgan fingerprint density at radius 2 is 1.61 bits per heavy atom. The number of pyridine rings is 1. The van der Waals surface area contributed by atoms with Crippen LogP contribution in [0.5, 0.6) is 0 Å². The van der Waals surface area contributed by atoms with Crippen LogP contribution in [0.2, 0.25) is 19.6 Å². The summed E-state index contributed by atoms with van der Waals surface area (Å²) < 4.78 is 6.71. The second-order valence-corrected chi connectivity index (χ2v) is 21.0. The third-order valence-corrected chi connectivity index (χ3v) is 11.8. The molecule has 263 valence electrons. The van der Waals surface area contributed by atoms with Crippen LogP contribution in [0.4, 0.5) is 0 Å². The molecule has 0 unspecified atom stereocenters. The van der Waals surface area contributed by atoms with E-state index in [1.54, 1.807) is 0 Å². The van der Waals surface area contributed by atoms with Crippen LogP contribution in [0.15, 0.2) is 58.8 Å². The molecular weight excluding hydrogens is 799 g/mol. The van der Waals surface area contributed by atoms with Crippen LogP contribution < -0.4 is 0 Å². The maximum absolute atomic E-state index is 11.7. The summed E-state index contributed by atoms with van der Waals surface area (Å²) in [5.74, 6) is 0.547. The van der Waals surface area contributed by atoms with E-state index in [0.717, 1.165) is 59.7 Å². The molecule has 0 spiro atoms. The number of hydrogen-bond donors (Lipinski definition) is 1. The molecule has 0 saturated carbocycles. The Morgan fingerprint density at radius 1 is 0.959 bits per heavy atom. The number of ketones is 1. The van der Waals surface area contributed by atoms with Gasteiger partial charge >= 0.3 is 0 Å². The van der Waals surface area contributed by atoms with Gasteiger partial charge in [0.05, 0.1) is 11.3 Å². The van der Waals surface area contributed by atoms with Gasteiger partial charge in [-0.1, -0.05) is 115 Å². The molecule has 6 heteroatoms. The van der Waals surface area contributed by atoms with Crippen LogP contribution in [-0.2, 0) is 36.4 Å². The first kappa shape index (κ1) is 38.7. The molecule has 4 nitrogen and oxygen atoms in total. The molecule has 0 bridgehead atoms. The molecule has 49 heavy (non-hydrogen) atoms. The number of benzene rings is 3. The van der Waals surface area contributed by atoms with E-state index in [-0.39, 0.29) is 48.9 Å². The van der Waals surface area contributed by atoms with E-state index < -0.39 is 8.07 Å². The van der Waals surface area contributed by atoms with Crippen molar-refractivity contribution in [2.45, 2.75) is 112 Å². The molecule has 1 radical (unpaired) electrons. The summed E-state index contributed by atoms with van der Waals surface area (Å²) >= 11 is 0. The van der Waals surface area contributed by atoms with Crippen LogP contribution in [-0.4, -0.2) is 23.9 Å². The van der Waals surface area contributed by atoms with Gasteiger partial charge in [0.25, 0.3) is 0 Å². The van der Waals surface area contributed by atoms with Gasteiger partial charge in [0.1, 0.15) is 5.58 Å². The van der Waals surface area contributed by atoms with E-state index in [9.17, 15) is 9.90 Å². The van der Waals surface area contributed by atoms with Gasteiger partial charge in [-0.3, -0.25) is 4.79 Å². The van der Waals surface area contributed by atoms with Crippen LogP contribution >= 0.6 is 0 Å². The van der Waals surface area contributed by atoms with Crippen LogP contribution in [0.3, 0.4) is 0 Å². The molecule has 2 aromatic heterocycles. The summed E-state index contributed by atoms with van der Waals surface area (Å²) in [7, 11) is -1.33. The maximum Gasteiger partial charge on any atom is 0.162 e. The van der Waals surface area contributed by atoms with Crippen LogP contribution in [0.1, 0.15) is 95.0 Å². The number of allylic oxidation sites excluding steroid dienone is 2. The van der Waals surface area contributed by atoms with Crippen LogP contribution in [0, 0.1) is 31.7 Å². The second-order valence-electron chi connectivity index (χ2n) is 15.6. The molecule has 5 aromatic rings. The number of aliphatic hydroxyl groups excluding tert-OH is 1. The number of rotatable bonds is 9. The van der Waals surface area contributed by atoms with Crippen LogP contribution in [0.25, 0.3) is 44.0 Å². The number of carbonyl (C=O) groups excluding carboxylic acids is 1. The first-order chi connectivity index (χ1) is 22.7. The fourth-order valence-electron chi connectivity index (χ4n) is 7.57. The summed E-state index contributed by atoms with van der Waals surface area (Å²) in [6.45, 7) is 24.3. The zero-order valence-corrected chi connectivity index (χ0v) is 34.7. The first-order valence-corrected chi connectivity index (χ1v) is 21.6. The molecule has 0 atom stereocenters. The van der Waals surface area contributed by atoms with E-state index in [0.29, 0.717) is 0 Å². The molecule has 0 fully saturated rings. The van der Waals surface area contributed by atoms with Crippen molar-refractivity contribution >= 4 is 46.6 Å². The number of aryl methyl sites for hydroxylation is 2. The molecule has 1 N–H and O–H groups in total. The summed E-state index contributed by atoms with van der Waals surface area (Å²) in [4.78, 5) is 16.8. The van der Waals surface area contributed by atoms with Gasteiger partial charge in [0, 0.05) is 57.7 Å². The number of carbonyl (C=O) groups is 1. The van der Waals surface area contributed by atoms with E-state index >= 15 is 0 Å². The molecule has 1 aliphatic rings. The number of aliphatic hydroxyl groups is 1. The smallest absolute Gasteiger partial charge is 0.162 e. The topological polar surface area (TPSA) is 63.3 Å². The summed E-state index contributed by atoms with van der Waals surface area (Å²) in [5.41, 5.74) is 10.3. The van der Waals surface area contributed by atoms with Crippen molar-refractivity contribution in [3.05, 3.63) is 88.3 Å². The van der Waals surface area contributed by atoms with Crippen molar-refractivity contribution in [2.75, 3.05) is 0 Å². The molecule has 0 amide bonds. The minimum absolute atomic E-state index is 0. The monoisotopic (exact) mass is 853 g/mol. The quantitative estimate of drug-likeness (QED) is 0.0694. The number of nitrogens with zero attached hydrogens (tertiary/aromatic N) is 1. The normalized spacial score (nSPS) is 13.9. The van der Waals surface area contributed by atoms with Crippen molar-refractivity contribution in [1.82, 2.24) is 4.98 Å². The summed E-state index contributed by atoms with van der Waals surface area (Å²) in [5, 5.41) is 14.7. The van der Waals surface area contributed by atoms with Crippen molar-refractivity contribution in [2.24, 2.45) is 11.8 Å². The third kappa shape index (κ3) is 7.39. The predicted octanol–water partition coefficient (Wildman–Crippen LogP) is 12.1. The molecular formula is C43H54IrNO3Si-. The molecule has 2 heterocycles. The average Bonchev–Trinajstić information content (AvgIpc) is 3.40. The zero-order chi connectivity index (χ0) is 35.1. The second kappa shape index (κ2) is 15.0. The first-order valence-electron chi connectivity index (χ1n) is 17.9. The van der Waals surface area contributed by atoms with Gasteiger partial charge in [0.2, 0.25) is 0 Å². The predicted molar refractivity (Wildman–Crippen MR) is 206 cm³/mol. The summed E-state index contributed by atoms with van der Waals surface area (Å²) in [6, 6.07) is 18.2. The number of fused-ring (bicyclic) bond motifs is 4. The van der Waals surface area contributed by atoms with Gasteiger partial charge in [-0.15, -0.1) is 17.7 Å². The fraction of sp³-hybridized carbons (Fsp3) is 0.442. The molecule has 0 saturated heterocycles. The number of aromatic nitrogens is 1. The Bertz CT molecular complexity index is 2020. The van der Waals surface area contributed by atoms with Gasteiger partial charge < -0.3 is 14.5 Å². The SMILES string of the molecule is CCC(CC)C(=O)/C=C(\O)C(CC)CC.Cc1ccc2cnc3c(c2c1)C(C)(C)c1ccc(C[Si](C)(C)C)c2oc4c(C)c[c-]c-3c4c12.[Ir]. The van der Waals surface area contributed by atoms with Crippen molar-refractivity contribution < 1.29 is 34.4 Å². The van der Waals surface area contributed by atoms with Crippen molar-refractivity contribution in [3.63, 3.8) is 0 Å². The van der Waals surface area contributed by atoms with E-state index in [1.165, 1.54) is 49.9 Å². The van der Waals surface area contributed by atoms with E-state index in [1.807, 2.05) is 33.9 Å². The zero-order valence-electron chi connectivity index (χ0n) is 31.4. The Morgan fingerprint density at radius 3 is 2.22 bits per heavy atom. The van der Waals surface area contributed by atoms with Gasteiger partial charge in [-0.25, -0.2) is 0 Å². The third-order valence-electron chi connectivity index (χ3n) is 10.3. The molecule has 0 aliphatic heterocycles.